The summed E-state index contributed by atoms with van der Waals surface area (Å²) >= 11 is 0. The number of ether oxygens (including phenoxy) is 2. The molecule has 0 unspecified atom stereocenters. The molecule has 0 aromatic heterocycles. The minimum absolute atomic E-state index is 0.0123. The Labute approximate surface area is 140 Å². The number of amides is 2. The highest BCUT2D eigenvalue weighted by atomic mass is 16.5. The highest BCUT2D eigenvalue weighted by Crippen LogP contribution is 2.16. The summed E-state index contributed by atoms with van der Waals surface area (Å²) in [5.74, 6) is 1.45. The second kappa shape index (κ2) is 8.57. The van der Waals surface area contributed by atoms with Crippen molar-refractivity contribution in [2.24, 2.45) is 0 Å². The molecule has 0 atom stereocenters. The topological polar surface area (TPSA) is 76.7 Å². The van der Waals surface area contributed by atoms with Crippen LogP contribution in [-0.2, 0) is 0 Å². The van der Waals surface area contributed by atoms with Crippen molar-refractivity contribution in [1.82, 2.24) is 5.32 Å². The highest BCUT2D eigenvalue weighted by Gasteiger charge is 2.03. The molecule has 6 nitrogen and oxygen atoms in total. The van der Waals surface area contributed by atoms with Gasteiger partial charge in [0.05, 0.1) is 13.7 Å². The van der Waals surface area contributed by atoms with E-state index in [1.807, 2.05) is 0 Å². The average Bonchev–Trinajstić information content (AvgIpc) is 2.59. The van der Waals surface area contributed by atoms with Crippen molar-refractivity contribution in [2.75, 3.05) is 25.6 Å². The lowest BCUT2D eigenvalue weighted by Crippen LogP contribution is -2.32. The van der Waals surface area contributed by atoms with Crippen molar-refractivity contribution in [3.05, 3.63) is 54.1 Å². The van der Waals surface area contributed by atoms with E-state index in [1.165, 1.54) is 6.92 Å². The molecule has 0 spiro atoms. The lowest BCUT2D eigenvalue weighted by atomic mass is 10.1. The van der Waals surface area contributed by atoms with Crippen molar-refractivity contribution in [2.45, 2.75) is 6.92 Å². The second-order valence-electron chi connectivity index (χ2n) is 5.04. The molecule has 2 rings (SSSR count). The lowest BCUT2D eigenvalue weighted by molar-refractivity contribution is 0.101. The van der Waals surface area contributed by atoms with E-state index < -0.39 is 0 Å². The Kier molecular flexibility index (Phi) is 6.19. The Balaban J connectivity index is 1.69. The molecule has 0 aliphatic rings. The Hall–Kier alpha value is -3.02. The number of rotatable bonds is 7. The van der Waals surface area contributed by atoms with Gasteiger partial charge >= 0.3 is 6.03 Å². The molecule has 24 heavy (non-hydrogen) atoms. The molecule has 2 aromatic rings. The van der Waals surface area contributed by atoms with E-state index >= 15 is 0 Å². The number of nitrogens with one attached hydrogen (secondary N) is 2. The molecular formula is C18H20N2O4. The first-order valence-electron chi connectivity index (χ1n) is 7.51. The van der Waals surface area contributed by atoms with E-state index in [-0.39, 0.29) is 11.8 Å². The summed E-state index contributed by atoms with van der Waals surface area (Å²) in [6.45, 7) is 2.21. The van der Waals surface area contributed by atoms with Crippen molar-refractivity contribution >= 4 is 17.5 Å². The number of urea groups is 1. The number of ketones is 1. The molecule has 0 heterocycles. The first-order valence-corrected chi connectivity index (χ1v) is 7.51. The molecule has 0 saturated heterocycles. The van der Waals surface area contributed by atoms with Gasteiger partial charge < -0.3 is 20.1 Å². The van der Waals surface area contributed by atoms with Crippen LogP contribution in [0.2, 0.25) is 0 Å². The monoisotopic (exact) mass is 328 g/mol. The lowest BCUT2D eigenvalue weighted by Gasteiger charge is -2.09. The number of hydrogen-bond donors (Lipinski definition) is 2. The molecule has 0 fully saturated rings. The first-order chi connectivity index (χ1) is 11.6. The number of Topliss-reactive ketones (excluding diaryl/α,β-unsaturated/α-hetero) is 1. The summed E-state index contributed by atoms with van der Waals surface area (Å²) in [5, 5.41) is 5.38. The third-order valence-electron chi connectivity index (χ3n) is 3.27. The van der Waals surface area contributed by atoms with Gasteiger partial charge in [0, 0.05) is 11.3 Å². The van der Waals surface area contributed by atoms with Crippen LogP contribution in [-0.4, -0.2) is 32.1 Å². The highest BCUT2D eigenvalue weighted by molar-refractivity contribution is 5.95. The summed E-state index contributed by atoms with van der Waals surface area (Å²) in [4.78, 5) is 23.0. The van der Waals surface area contributed by atoms with Crippen LogP contribution in [0.1, 0.15) is 17.3 Å². The van der Waals surface area contributed by atoms with Gasteiger partial charge in [0.2, 0.25) is 0 Å². The van der Waals surface area contributed by atoms with Gasteiger partial charge in [-0.15, -0.1) is 0 Å². The van der Waals surface area contributed by atoms with E-state index in [4.69, 9.17) is 9.47 Å². The maximum atomic E-state index is 11.8. The zero-order valence-corrected chi connectivity index (χ0v) is 13.7. The standard InChI is InChI=1S/C18H20N2O4/c1-13(21)14-3-5-15(6-4-14)20-18(22)19-11-12-24-17-9-7-16(23-2)8-10-17/h3-10H,11-12H2,1-2H3,(H2,19,20,22). The molecule has 0 saturated carbocycles. The maximum Gasteiger partial charge on any atom is 0.319 e. The zero-order chi connectivity index (χ0) is 17.4. The van der Waals surface area contributed by atoms with Gasteiger partial charge in [-0.3, -0.25) is 4.79 Å². The molecule has 0 radical (unpaired) electrons. The first kappa shape index (κ1) is 17.3. The predicted molar refractivity (Wildman–Crippen MR) is 92.0 cm³/mol. The Morgan fingerprint density at radius 1 is 0.958 bits per heavy atom. The van der Waals surface area contributed by atoms with Crippen LogP contribution in [0.5, 0.6) is 11.5 Å². The van der Waals surface area contributed by atoms with E-state index in [0.29, 0.717) is 30.2 Å². The van der Waals surface area contributed by atoms with E-state index in [1.54, 1.807) is 55.6 Å². The molecule has 0 aliphatic carbocycles. The fourth-order valence-corrected chi connectivity index (χ4v) is 1.97. The third kappa shape index (κ3) is 5.31. The van der Waals surface area contributed by atoms with Crippen molar-refractivity contribution in [1.29, 1.82) is 0 Å². The zero-order valence-electron chi connectivity index (χ0n) is 13.7. The largest absolute Gasteiger partial charge is 0.497 e. The molecule has 2 N–H and O–H groups in total. The van der Waals surface area contributed by atoms with Crippen LogP contribution in [0.25, 0.3) is 0 Å². The molecular weight excluding hydrogens is 308 g/mol. The quantitative estimate of drug-likeness (QED) is 0.605. The Bertz CT molecular complexity index is 681. The molecule has 2 aromatic carbocycles. The van der Waals surface area contributed by atoms with E-state index in [2.05, 4.69) is 10.6 Å². The van der Waals surface area contributed by atoms with Gasteiger partial charge in [-0.2, -0.15) is 0 Å². The van der Waals surface area contributed by atoms with Crippen LogP contribution in [0.15, 0.2) is 48.5 Å². The van der Waals surface area contributed by atoms with Crippen molar-refractivity contribution in [3.8, 4) is 11.5 Å². The molecule has 126 valence electrons. The molecule has 0 bridgehead atoms. The number of carbonyl (C=O) groups is 2. The molecule has 0 aliphatic heterocycles. The number of benzene rings is 2. The average molecular weight is 328 g/mol. The van der Waals surface area contributed by atoms with Gasteiger partial charge in [-0.05, 0) is 55.5 Å². The van der Waals surface area contributed by atoms with Crippen LogP contribution in [0.3, 0.4) is 0 Å². The third-order valence-corrected chi connectivity index (χ3v) is 3.27. The number of hydrogen-bond acceptors (Lipinski definition) is 4. The maximum absolute atomic E-state index is 11.8. The summed E-state index contributed by atoms with van der Waals surface area (Å²) in [7, 11) is 1.60. The Morgan fingerprint density at radius 3 is 2.17 bits per heavy atom. The van der Waals surface area contributed by atoms with Gasteiger partial charge in [0.15, 0.2) is 5.78 Å². The van der Waals surface area contributed by atoms with E-state index in [9.17, 15) is 9.59 Å². The molecule has 2 amide bonds. The molecule has 6 heteroatoms. The second-order valence-corrected chi connectivity index (χ2v) is 5.04. The number of methoxy groups -OCH3 is 1. The van der Waals surface area contributed by atoms with Gasteiger partial charge in [-0.25, -0.2) is 4.79 Å². The predicted octanol–water partition coefficient (Wildman–Crippen LogP) is 3.10. The number of carbonyl (C=O) groups excluding carboxylic acids is 2. The van der Waals surface area contributed by atoms with Gasteiger partial charge in [-0.1, -0.05) is 0 Å². The smallest absolute Gasteiger partial charge is 0.319 e. The summed E-state index contributed by atoms with van der Waals surface area (Å²) < 4.78 is 10.6. The van der Waals surface area contributed by atoms with Crippen LogP contribution in [0.4, 0.5) is 10.5 Å². The normalized spacial score (nSPS) is 9.92. The SMILES string of the molecule is COc1ccc(OCCNC(=O)Nc2ccc(C(C)=O)cc2)cc1. The van der Waals surface area contributed by atoms with Gasteiger partial charge in [0.25, 0.3) is 0 Å². The van der Waals surface area contributed by atoms with Crippen molar-refractivity contribution < 1.29 is 19.1 Å². The minimum Gasteiger partial charge on any atom is -0.497 e. The van der Waals surface area contributed by atoms with Crippen molar-refractivity contribution in [3.63, 3.8) is 0 Å². The summed E-state index contributed by atoms with van der Waals surface area (Å²) in [5.41, 5.74) is 1.22. The number of anilines is 1. The van der Waals surface area contributed by atoms with Gasteiger partial charge in [0.1, 0.15) is 18.1 Å². The summed E-state index contributed by atoms with van der Waals surface area (Å²) in [6.07, 6.45) is 0. The van der Waals surface area contributed by atoms with Crippen LogP contribution >= 0.6 is 0 Å². The van der Waals surface area contributed by atoms with Crippen LogP contribution < -0.4 is 20.1 Å². The fraction of sp³-hybridized carbons (Fsp3) is 0.222. The summed E-state index contributed by atoms with van der Waals surface area (Å²) in [6, 6.07) is 13.6. The van der Waals surface area contributed by atoms with E-state index in [0.717, 1.165) is 5.75 Å². The fourth-order valence-electron chi connectivity index (χ4n) is 1.97. The van der Waals surface area contributed by atoms with Crippen LogP contribution in [0, 0.1) is 0 Å². The Morgan fingerprint density at radius 2 is 1.58 bits per heavy atom. The minimum atomic E-state index is -0.330.